The van der Waals surface area contributed by atoms with E-state index < -0.39 is 0 Å². The normalized spacial score (nSPS) is 11.2. The minimum atomic E-state index is -0.0685. The molecule has 0 aliphatic carbocycles. The Bertz CT molecular complexity index is 1360. The van der Waals surface area contributed by atoms with Crippen LogP contribution in [0.4, 0.5) is 5.13 Å². The molecule has 0 radical (unpaired) electrons. The Hall–Kier alpha value is -3.54. The zero-order valence-corrected chi connectivity index (χ0v) is 20.8. The van der Waals surface area contributed by atoms with Crippen LogP contribution in [-0.4, -0.2) is 15.9 Å². The minimum Gasteiger partial charge on any atom is -0.284 e. The number of thiazole rings is 1. The van der Waals surface area contributed by atoms with E-state index in [9.17, 15) is 4.79 Å². The van der Waals surface area contributed by atoms with Crippen molar-refractivity contribution < 1.29 is 4.79 Å². The molecule has 6 heteroatoms. The fourth-order valence-corrected chi connectivity index (χ4v) is 5.56. The van der Waals surface area contributed by atoms with Crippen LogP contribution in [0.2, 0.25) is 5.02 Å². The maximum absolute atomic E-state index is 14.0. The van der Waals surface area contributed by atoms with E-state index >= 15 is 0 Å². The van der Waals surface area contributed by atoms with Crippen molar-refractivity contribution >= 4 is 44.2 Å². The van der Waals surface area contributed by atoms with Gasteiger partial charge in [0.2, 0.25) is 5.91 Å². The van der Waals surface area contributed by atoms with E-state index in [-0.39, 0.29) is 11.8 Å². The summed E-state index contributed by atoms with van der Waals surface area (Å²) in [4.78, 5) is 24.9. The van der Waals surface area contributed by atoms with Gasteiger partial charge in [-0.1, -0.05) is 95.7 Å². The van der Waals surface area contributed by atoms with E-state index in [4.69, 9.17) is 16.6 Å². The zero-order valence-electron chi connectivity index (χ0n) is 19.3. The number of aryl methyl sites for hydroxylation is 1. The van der Waals surface area contributed by atoms with Crippen molar-refractivity contribution in [2.75, 3.05) is 4.90 Å². The number of fused-ring (bicyclic) bond motifs is 1. The number of pyridine rings is 1. The van der Waals surface area contributed by atoms with Gasteiger partial charge in [0.1, 0.15) is 0 Å². The molecule has 0 bridgehead atoms. The van der Waals surface area contributed by atoms with E-state index in [1.54, 1.807) is 17.3 Å². The molecule has 0 fully saturated rings. The third kappa shape index (κ3) is 5.11. The summed E-state index contributed by atoms with van der Waals surface area (Å²) in [6.07, 6.45) is 3.84. The first-order chi connectivity index (χ1) is 17.1. The summed E-state index contributed by atoms with van der Waals surface area (Å²) in [5.41, 5.74) is 5.03. The maximum atomic E-state index is 14.0. The number of halogens is 1. The Labute approximate surface area is 213 Å². The van der Waals surface area contributed by atoms with Gasteiger partial charge in [-0.3, -0.25) is 14.7 Å². The molecule has 5 rings (SSSR count). The van der Waals surface area contributed by atoms with E-state index in [2.05, 4.69) is 29.2 Å². The molecule has 0 aliphatic rings. The van der Waals surface area contributed by atoms with Crippen LogP contribution >= 0.6 is 22.9 Å². The van der Waals surface area contributed by atoms with Gasteiger partial charge < -0.3 is 0 Å². The quantitative estimate of drug-likeness (QED) is 0.235. The molecule has 174 valence electrons. The molecular formula is C29H24ClN3OS. The lowest BCUT2D eigenvalue weighted by atomic mass is 9.88. The van der Waals surface area contributed by atoms with Crippen LogP contribution in [0, 0.1) is 6.92 Å². The van der Waals surface area contributed by atoms with Gasteiger partial charge in [0.05, 0.1) is 21.8 Å². The van der Waals surface area contributed by atoms with Crippen molar-refractivity contribution in [3.05, 3.63) is 125 Å². The van der Waals surface area contributed by atoms with E-state index in [0.29, 0.717) is 23.1 Å². The van der Waals surface area contributed by atoms with Gasteiger partial charge in [-0.2, -0.15) is 0 Å². The predicted molar refractivity (Wildman–Crippen MR) is 144 cm³/mol. The molecule has 2 heterocycles. The highest BCUT2D eigenvalue weighted by Gasteiger charge is 2.26. The summed E-state index contributed by atoms with van der Waals surface area (Å²) in [5, 5.41) is 1.29. The first-order valence-corrected chi connectivity index (χ1v) is 12.6. The molecule has 0 N–H and O–H groups in total. The second kappa shape index (κ2) is 10.4. The van der Waals surface area contributed by atoms with Crippen molar-refractivity contribution in [3.8, 4) is 0 Å². The third-order valence-electron chi connectivity index (χ3n) is 6.06. The molecule has 3 aromatic carbocycles. The van der Waals surface area contributed by atoms with Gasteiger partial charge in [0.15, 0.2) is 5.13 Å². The molecule has 1 amide bonds. The van der Waals surface area contributed by atoms with Crippen LogP contribution in [0.15, 0.2) is 97.3 Å². The molecule has 0 saturated carbocycles. The standard InChI is InChI=1S/C29H24ClN3OS/c1-20-14-15-25(30)28-27(20)32-29(35-28)33(19-21-9-8-16-31-18-21)26(34)17-24(22-10-4-2-5-11-22)23-12-6-3-7-13-23/h2-16,18,24H,17,19H2,1H3. The topological polar surface area (TPSA) is 46.1 Å². The van der Waals surface area contributed by atoms with Crippen LogP contribution in [0.1, 0.15) is 34.6 Å². The largest absolute Gasteiger partial charge is 0.284 e. The Balaban J connectivity index is 1.55. The number of carbonyl (C=O) groups excluding carboxylic acids is 1. The number of amides is 1. The Kier molecular flexibility index (Phi) is 6.89. The monoisotopic (exact) mass is 497 g/mol. The molecule has 35 heavy (non-hydrogen) atoms. The highest BCUT2D eigenvalue weighted by Crippen LogP contribution is 2.37. The summed E-state index contributed by atoms with van der Waals surface area (Å²) >= 11 is 7.94. The third-order valence-corrected chi connectivity index (χ3v) is 7.60. The predicted octanol–water partition coefficient (Wildman–Crippen LogP) is 7.41. The highest BCUT2D eigenvalue weighted by molar-refractivity contribution is 7.23. The highest BCUT2D eigenvalue weighted by atomic mass is 35.5. The maximum Gasteiger partial charge on any atom is 0.230 e. The molecule has 0 unspecified atom stereocenters. The second-order valence-corrected chi connectivity index (χ2v) is 9.84. The van der Waals surface area contributed by atoms with Gasteiger partial charge in [0, 0.05) is 24.7 Å². The van der Waals surface area contributed by atoms with Crippen molar-refractivity contribution in [2.45, 2.75) is 25.8 Å². The van der Waals surface area contributed by atoms with Crippen molar-refractivity contribution in [1.82, 2.24) is 9.97 Å². The van der Waals surface area contributed by atoms with Gasteiger partial charge in [0.25, 0.3) is 0 Å². The van der Waals surface area contributed by atoms with Crippen molar-refractivity contribution in [2.24, 2.45) is 0 Å². The Morgan fingerprint density at radius 2 is 1.63 bits per heavy atom. The van der Waals surface area contributed by atoms with Crippen molar-refractivity contribution in [1.29, 1.82) is 0 Å². The van der Waals surface area contributed by atoms with E-state index in [1.807, 2.05) is 67.6 Å². The molecule has 0 saturated heterocycles. The number of hydrogen-bond acceptors (Lipinski definition) is 4. The number of carbonyl (C=O) groups is 1. The molecule has 5 aromatic rings. The first kappa shape index (κ1) is 23.2. The Morgan fingerprint density at radius 1 is 0.943 bits per heavy atom. The van der Waals surface area contributed by atoms with E-state index in [0.717, 1.165) is 32.5 Å². The SMILES string of the molecule is Cc1ccc(Cl)c2sc(N(Cc3cccnc3)C(=O)CC(c3ccccc3)c3ccccc3)nc12. The molecule has 0 spiro atoms. The van der Waals surface area contributed by atoms with Crippen LogP contribution in [0.5, 0.6) is 0 Å². The second-order valence-electron chi connectivity index (χ2n) is 8.46. The molecule has 0 atom stereocenters. The smallest absolute Gasteiger partial charge is 0.230 e. The number of benzene rings is 3. The average Bonchev–Trinajstić information content (AvgIpc) is 3.36. The number of aromatic nitrogens is 2. The van der Waals surface area contributed by atoms with Crippen molar-refractivity contribution in [3.63, 3.8) is 0 Å². The average molecular weight is 498 g/mol. The molecule has 2 aromatic heterocycles. The molecule has 4 nitrogen and oxygen atoms in total. The molecule has 0 aliphatic heterocycles. The lowest BCUT2D eigenvalue weighted by Crippen LogP contribution is -2.31. The van der Waals surface area contributed by atoms with Crippen LogP contribution in [0.3, 0.4) is 0 Å². The van der Waals surface area contributed by atoms with Crippen LogP contribution < -0.4 is 4.90 Å². The van der Waals surface area contributed by atoms with Gasteiger partial charge >= 0.3 is 0 Å². The fourth-order valence-electron chi connectivity index (χ4n) is 4.23. The van der Waals surface area contributed by atoms with Crippen LogP contribution in [0.25, 0.3) is 10.2 Å². The number of rotatable bonds is 7. The number of nitrogens with zero attached hydrogens (tertiary/aromatic N) is 3. The van der Waals surface area contributed by atoms with Gasteiger partial charge in [-0.05, 0) is 41.3 Å². The number of anilines is 1. The van der Waals surface area contributed by atoms with Crippen LogP contribution in [-0.2, 0) is 11.3 Å². The Morgan fingerprint density at radius 3 is 2.23 bits per heavy atom. The summed E-state index contributed by atoms with van der Waals surface area (Å²) in [6, 6.07) is 28.1. The lowest BCUT2D eigenvalue weighted by molar-refractivity contribution is -0.119. The summed E-state index contributed by atoms with van der Waals surface area (Å²) in [7, 11) is 0. The summed E-state index contributed by atoms with van der Waals surface area (Å²) in [6.45, 7) is 2.40. The molecular weight excluding hydrogens is 474 g/mol. The fraction of sp³-hybridized carbons (Fsp3) is 0.138. The first-order valence-electron chi connectivity index (χ1n) is 11.4. The zero-order chi connectivity index (χ0) is 24.2. The minimum absolute atomic E-state index is 0.000564. The number of hydrogen-bond donors (Lipinski definition) is 0. The summed E-state index contributed by atoms with van der Waals surface area (Å²) < 4.78 is 0.897. The van der Waals surface area contributed by atoms with E-state index in [1.165, 1.54) is 11.3 Å². The summed E-state index contributed by atoms with van der Waals surface area (Å²) in [5.74, 6) is -0.0691. The van der Waals surface area contributed by atoms with Gasteiger partial charge in [-0.15, -0.1) is 0 Å². The van der Waals surface area contributed by atoms with Gasteiger partial charge in [-0.25, -0.2) is 4.98 Å². The lowest BCUT2D eigenvalue weighted by Gasteiger charge is -2.24.